The number of rotatable bonds is 48. The minimum Gasteiger partial charge on any atom is -0.466 e. The van der Waals surface area contributed by atoms with E-state index >= 15 is 0 Å². The zero-order chi connectivity index (χ0) is 44.4. The topological polar surface area (TPSA) is 95.9 Å². The normalized spacial score (nSPS) is 13.0. The molecule has 6 heteroatoms. The number of carbonyl (C=O) groups excluding carboxylic acids is 2. The molecule has 0 spiro atoms. The van der Waals surface area contributed by atoms with E-state index in [4.69, 9.17) is 4.74 Å². The minimum atomic E-state index is -0.678. The Morgan fingerprint density at radius 3 is 1.38 bits per heavy atom. The van der Waals surface area contributed by atoms with Gasteiger partial charge in [-0.2, -0.15) is 0 Å². The summed E-state index contributed by atoms with van der Waals surface area (Å²) >= 11 is 0. The summed E-state index contributed by atoms with van der Waals surface area (Å²) in [5, 5.41) is 23.1. The molecule has 61 heavy (non-hydrogen) atoms. The van der Waals surface area contributed by atoms with E-state index in [1.807, 2.05) is 0 Å². The molecule has 0 aliphatic heterocycles. The Morgan fingerprint density at radius 1 is 0.475 bits per heavy atom. The maximum atomic E-state index is 12.4. The van der Waals surface area contributed by atoms with Crippen molar-refractivity contribution in [1.29, 1.82) is 0 Å². The van der Waals surface area contributed by atoms with E-state index in [9.17, 15) is 19.8 Å². The van der Waals surface area contributed by atoms with Gasteiger partial charge in [0.25, 0.3) is 0 Å². The number of hydrogen-bond donors (Lipinski definition) is 3. The van der Waals surface area contributed by atoms with Crippen molar-refractivity contribution in [2.24, 2.45) is 0 Å². The molecule has 0 heterocycles. The fourth-order valence-electron chi connectivity index (χ4n) is 7.78. The second-order valence-corrected chi connectivity index (χ2v) is 17.9. The lowest BCUT2D eigenvalue weighted by atomic mass is 10.0. The van der Waals surface area contributed by atoms with Crippen LogP contribution in [0.2, 0.25) is 0 Å². The van der Waals surface area contributed by atoms with Gasteiger partial charge < -0.3 is 20.3 Å². The number of esters is 1. The van der Waals surface area contributed by atoms with Gasteiger partial charge in [0.2, 0.25) is 5.91 Å². The van der Waals surface area contributed by atoms with Gasteiger partial charge in [0.1, 0.15) is 0 Å². The number of nitrogens with one attached hydrogen (secondary N) is 1. The van der Waals surface area contributed by atoms with Gasteiger partial charge in [-0.15, -0.1) is 0 Å². The molecule has 0 aromatic rings. The highest BCUT2D eigenvalue weighted by Crippen LogP contribution is 2.15. The van der Waals surface area contributed by atoms with Crippen LogP contribution in [0.4, 0.5) is 0 Å². The van der Waals surface area contributed by atoms with E-state index in [0.717, 1.165) is 83.5 Å². The van der Waals surface area contributed by atoms with E-state index < -0.39 is 12.1 Å². The van der Waals surface area contributed by atoms with Crippen LogP contribution in [0.25, 0.3) is 0 Å². The van der Waals surface area contributed by atoms with E-state index in [2.05, 4.69) is 67.8 Å². The van der Waals surface area contributed by atoms with Crippen LogP contribution in [0.1, 0.15) is 264 Å². The molecular formula is C55H101NO5. The zero-order valence-corrected chi connectivity index (χ0v) is 40.4. The summed E-state index contributed by atoms with van der Waals surface area (Å²) in [6, 6.07) is -0.558. The Bertz CT molecular complexity index is 1040. The quantitative estimate of drug-likeness (QED) is 0.0245. The summed E-state index contributed by atoms with van der Waals surface area (Å²) in [6.45, 7) is 4.85. The van der Waals surface area contributed by atoms with Crippen LogP contribution in [-0.4, -0.2) is 47.4 Å². The third kappa shape index (κ3) is 47.1. The van der Waals surface area contributed by atoms with Crippen molar-refractivity contribution in [2.45, 2.75) is 276 Å². The van der Waals surface area contributed by atoms with Gasteiger partial charge in [0.05, 0.1) is 25.4 Å². The van der Waals surface area contributed by atoms with Crippen molar-refractivity contribution >= 4 is 11.9 Å². The second kappa shape index (κ2) is 50.5. The molecule has 0 radical (unpaired) electrons. The van der Waals surface area contributed by atoms with Crippen molar-refractivity contribution < 1.29 is 24.5 Å². The van der Waals surface area contributed by atoms with Crippen LogP contribution < -0.4 is 5.32 Å². The predicted molar refractivity (Wildman–Crippen MR) is 264 cm³/mol. The lowest BCUT2D eigenvalue weighted by molar-refractivity contribution is -0.143. The number of amides is 1. The molecule has 0 rings (SSSR count). The van der Waals surface area contributed by atoms with Crippen molar-refractivity contribution in [2.75, 3.05) is 13.2 Å². The van der Waals surface area contributed by atoms with Gasteiger partial charge in [0, 0.05) is 12.8 Å². The van der Waals surface area contributed by atoms with Crippen molar-refractivity contribution in [3.05, 3.63) is 48.6 Å². The standard InChI is InChI=1S/C55H101NO5/c1-3-5-7-9-11-13-15-17-18-19-22-25-29-33-37-41-45-49-55(60)61-50-46-42-38-34-30-26-23-20-21-24-28-32-36-40-44-48-54(59)56-52(51-57)53(58)47-43-39-35-31-27-16-14-12-10-8-6-4-2/h11,13,17-18,20,23,26,30,52-53,57-58H,3-10,12,14-16,19,21-22,24-25,27-29,31-51H2,1-2H3,(H,56,59)/b13-11-,18-17-,23-20-,30-26-. The summed E-state index contributed by atoms with van der Waals surface area (Å²) in [5.41, 5.74) is 0. The molecule has 1 amide bonds. The molecular weight excluding hydrogens is 755 g/mol. The minimum absolute atomic E-state index is 0.0302. The predicted octanol–water partition coefficient (Wildman–Crippen LogP) is 15.8. The van der Waals surface area contributed by atoms with Crippen molar-refractivity contribution in [3.8, 4) is 0 Å². The highest BCUT2D eigenvalue weighted by molar-refractivity contribution is 5.76. The molecule has 6 nitrogen and oxygen atoms in total. The molecule has 0 fully saturated rings. The molecule has 0 aromatic carbocycles. The molecule has 2 unspecified atom stereocenters. The van der Waals surface area contributed by atoms with Crippen LogP contribution in [-0.2, 0) is 14.3 Å². The Hall–Kier alpha value is -2.18. The first kappa shape index (κ1) is 58.8. The fourth-order valence-corrected chi connectivity index (χ4v) is 7.78. The zero-order valence-electron chi connectivity index (χ0n) is 40.4. The Balaban J connectivity index is 3.52. The molecule has 0 aliphatic carbocycles. The van der Waals surface area contributed by atoms with Gasteiger partial charge in [-0.3, -0.25) is 9.59 Å². The third-order valence-corrected chi connectivity index (χ3v) is 11.9. The molecule has 3 N–H and O–H groups in total. The van der Waals surface area contributed by atoms with Crippen LogP contribution in [0, 0.1) is 0 Å². The Kier molecular flexibility index (Phi) is 48.7. The maximum Gasteiger partial charge on any atom is 0.305 e. The summed E-state index contributed by atoms with van der Waals surface area (Å²) < 4.78 is 5.44. The number of allylic oxidation sites excluding steroid dienone is 8. The van der Waals surface area contributed by atoms with Crippen LogP contribution in [0.15, 0.2) is 48.6 Å². The Morgan fingerprint density at radius 2 is 0.869 bits per heavy atom. The van der Waals surface area contributed by atoms with Gasteiger partial charge in [-0.1, -0.05) is 210 Å². The summed E-state index contributed by atoms with van der Waals surface area (Å²) in [6.07, 6.45) is 62.3. The summed E-state index contributed by atoms with van der Waals surface area (Å²) in [4.78, 5) is 24.5. The largest absolute Gasteiger partial charge is 0.466 e. The van der Waals surface area contributed by atoms with E-state index in [1.54, 1.807) is 0 Å². The average molecular weight is 856 g/mol. The van der Waals surface area contributed by atoms with Crippen molar-refractivity contribution in [1.82, 2.24) is 5.32 Å². The first-order chi connectivity index (χ1) is 30.0. The van der Waals surface area contributed by atoms with Gasteiger partial charge in [0.15, 0.2) is 0 Å². The average Bonchev–Trinajstić information content (AvgIpc) is 3.26. The molecule has 0 bridgehead atoms. The van der Waals surface area contributed by atoms with Crippen LogP contribution in [0.3, 0.4) is 0 Å². The molecule has 0 aromatic heterocycles. The maximum absolute atomic E-state index is 12.4. The monoisotopic (exact) mass is 856 g/mol. The molecule has 356 valence electrons. The van der Waals surface area contributed by atoms with Gasteiger partial charge in [-0.25, -0.2) is 0 Å². The van der Waals surface area contributed by atoms with Gasteiger partial charge in [-0.05, 0) is 89.9 Å². The van der Waals surface area contributed by atoms with Crippen LogP contribution >= 0.6 is 0 Å². The van der Waals surface area contributed by atoms with Crippen molar-refractivity contribution in [3.63, 3.8) is 0 Å². The smallest absolute Gasteiger partial charge is 0.305 e. The van der Waals surface area contributed by atoms with E-state index in [0.29, 0.717) is 25.9 Å². The lowest BCUT2D eigenvalue weighted by Crippen LogP contribution is -2.45. The summed E-state index contributed by atoms with van der Waals surface area (Å²) in [7, 11) is 0. The molecule has 0 aliphatic rings. The number of ether oxygens (including phenoxy) is 1. The first-order valence-electron chi connectivity index (χ1n) is 26.4. The third-order valence-electron chi connectivity index (χ3n) is 11.9. The second-order valence-electron chi connectivity index (χ2n) is 17.9. The highest BCUT2D eigenvalue weighted by atomic mass is 16.5. The molecule has 0 saturated heterocycles. The number of carbonyl (C=O) groups is 2. The van der Waals surface area contributed by atoms with E-state index in [1.165, 1.54) is 148 Å². The molecule has 0 saturated carbocycles. The first-order valence-corrected chi connectivity index (χ1v) is 26.4. The van der Waals surface area contributed by atoms with E-state index in [-0.39, 0.29) is 18.5 Å². The fraction of sp³-hybridized carbons (Fsp3) is 0.818. The summed E-state index contributed by atoms with van der Waals surface area (Å²) in [5.74, 6) is -0.0899. The number of unbranched alkanes of at least 4 members (excludes halogenated alkanes) is 30. The Labute approximate surface area is 378 Å². The lowest BCUT2D eigenvalue weighted by Gasteiger charge is -2.22. The number of aliphatic hydroxyl groups excluding tert-OH is 2. The number of aliphatic hydroxyl groups is 2. The SMILES string of the molecule is CCCCC/C=C\C/C=C\CCCCCCCCCC(=O)OCCCCC/C=C\C=C/CCCCCCCCC(=O)NC(CO)C(O)CCCCCCCCCCCCCC. The number of hydrogen-bond acceptors (Lipinski definition) is 5. The van der Waals surface area contributed by atoms with Gasteiger partial charge >= 0.3 is 5.97 Å². The highest BCUT2D eigenvalue weighted by Gasteiger charge is 2.20. The van der Waals surface area contributed by atoms with Crippen LogP contribution in [0.5, 0.6) is 0 Å². The molecule has 2 atom stereocenters.